The van der Waals surface area contributed by atoms with Crippen LogP contribution >= 0.6 is 22.9 Å². The van der Waals surface area contributed by atoms with Gasteiger partial charge in [0.15, 0.2) is 5.13 Å². The second kappa shape index (κ2) is 9.34. The maximum atomic E-state index is 12.2. The largest absolute Gasteiger partial charge is 0.489 e. The van der Waals surface area contributed by atoms with Crippen LogP contribution in [0.25, 0.3) is 0 Å². The number of ether oxygens (including phenoxy) is 1. The van der Waals surface area contributed by atoms with E-state index in [1.165, 1.54) is 0 Å². The van der Waals surface area contributed by atoms with Gasteiger partial charge in [-0.2, -0.15) is 5.10 Å². The molecular weight excluding hydrogens is 396 g/mol. The number of carbonyl (C=O) groups is 1. The van der Waals surface area contributed by atoms with Crippen LogP contribution in [0.15, 0.2) is 53.6 Å². The zero-order chi connectivity index (χ0) is 19.9. The molecule has 1 aromatic heterocycles. The maximum absolute atomic E-state index is 12.2. The van der Waals surface area contributed by atoms with Gasteiger partial charge in [0.2, 0.25) is 0 Å². The van der Waals surface area contributed by atoms with E-state index in [4.69, 9.17) is 22.1 Å². The van der Waals surface area contributed by atoms with Gasteiger partial charge in [-0.1, -0.05) is 54.1 Å². The second-order valence-corrected chi connectivity index (χ2v) is 7.34. The van der Waals surface area contributed by atoms with Crippen molar-refractivity contribution in [1.29, 1.82) is 0 Å². The van der Waals surface area contributed by atoms with Crippen molar-refractivity contribution in [1.82, 2.24) is 10.4 Å². The second-order valence-electron chi connectivity index (χ2n) is 5.87. The molecule has 0 radical (unpaired) electrons. The zero-order valence-electron chi connectivity index (χ0n) is 15.2. The van der Waals surface area contributed by atoms with Crippen LogP contribution in [-0.4, -0.2) is 17.1 Å². The van der Waals surface area contributed by atoms with Crippen molar-refractivity contribution in [3.63, 3.8) is 0 Å². The predicted molar refractivity (Wildman–Crippen MR) is 113 cm³/mol. The Balaban J connectivity index is 1.60. The number of anilines is 1. The number of benzene rings is 2. The average molecular weight is 415 g/mol. The first-order chi connectivity index (χ1) is 13.5. The number of nitrogens with two attached hydrogens (primary N) is 1. The Bertz CT molecular complexity index is 1000. The molecule has 0 saturated heterocycles. The van der Waals surface area contributed by atoms with Crippen molar-refractivity contribution in [2.75, 3.05) is 5.73 Å². The number of halogens is 1. The van der Waals surface area contributed by atoms with Crippen LogP contribution in [-0.2, 0) is 13.0 Å². The van der Waals surface area contributed by atoms with Crippen molar-refractivity contribution < 1.29 is 9.53 Å². The van der Waals surface area contributed by atoms with E-state index in [1.54, 1.807) is 6.21 Å². The minimum absolute atomic E-state index is 0.323. The lowest BCUT2D eigenvalue weighted by Crippen LogP contribution is -2.17. The van der Waals surface area contributed by atoms with Gasteiger partial charge in [0.1, 0.15) is 17.2 Å². The molecule has 1 amide bonds. The van der Waals surface area contributed by atoms with E-state index in [0.29, 0.717) is 39.5 Å². The summed E-state index contributed by atoms with van der Waals surface area (Å²) in [4.78, 5) is 16.9. The van der Waals surface area contributed by atoms with Gasteiger partial charge in [0, 0.05) is 5.02 Å². The monoisotopic (exact) mass is 414 g/mol. The molecule has 0 aliphatic rings. The van der Waals surface area contributed by atoms with Crippen LogP contribution in [0.5, 0.6) is 5.75 Å². The zero-order valence-corrected chi connectivity index (χ0v) is 16.8. The van der Waals surface area contributed by atoms with Gasteiger partial charge in [-0.05, 0) is 41.8 Å². The molecule has 0 bridgehead atoms. The first kappa shape index (κ1) is 19.9. The van der Waals surface area contributed by atoms with Crippen molar-refractivity contribution in [2.45, 2.75) is 20.0 Å². The number of amides is 1. The van der Waals surface area contributed by atoms with Crippen LogP contribution in [0.3, 0.4) is 0 Å². The van der Waals surface area contributed by atoms with Gasteiger partial charge >= 0.3 is 0 Å². The van der Waals surface area contributed by atoms with E-state index in [0.717, 1.165) is 22.5 Å². The summed E-state index contributed by atoms with van der Waals surface area (Å²) in [6, 6.07) is 14.9. The minimum Gasteiger partial charge on any atom is -0.489 e. The summed E-state index contributed by atoms with van der Waals surface area (Å²) in [5, 5.41) is 5.06. The fraction of sp³-hybridized carbons (Fsp3) is 0.150. The quantitative estimate of drug-likeness (QED) is 0.446. The van der Waals surface area contributed by atoms with Gasteiger partial charge in [0.05, 0.1) is 11.9 Å². The van der Waals surface area contributed by atoms with E-state index in [2.05, 4.69) is 15.5 Å². The maximum Gasteiger partial charge on any atom is 0.283 e. The number of thiazole rings is 1. The van der Waals surface area contributed by atoms with Crippen molar-refractivity contribution in [2.24, 2.45) is 5.10 Å². The van der Waals surface area contributed by atoms with Crippen molar-refractivity contribution in [3.8, 4) is 5.75 Å². The van der Waals surface area contributed by atoms with Crippen LogP contribution < -0.4 is 15.9 Å². The number of carbonyl (C=O) groups excluding carboxylic acids is 1. The summed E-state index contributed by atoms with van der Waals surface area (Å²) in [5.41, 5.74) is 10.6. The Morgan fingerprint density at radius 1 is 1.32 bits per heavy atom. The van der Waals surface area contributed by atoms with E-state index in [-0.39, 0.29) is 5.91 Å². The van der Waals surface area contributed by atoms with E-state index in [1.807, 2.05) is 55.5 Å². The number of nitrogens with zero attached hydrogens (tertiary/aromatic N) is 2. The molecule has 3 aromatic rings. The van der Waals surface area contributed by atoms with Gasteiger partial charge < -0.3 is 10.5 Å². The summed E-state index contributed by atoms with van der Waals surface area (Å²) >= 11 is 7.13. The van der Waals surface area contributed by atoms with E-state index >= 15 is 0 Å². The third kappa shape index (κ3) is 5.31. The lowest BCUT2D eigenvalue weighted by Gasteiger charge is -2.07. The molecule has 6 nitrogen and oxygen atoms in total. The Hall–Kier alpha value is -2.90. The number of nitrogen functional groups attached to an aromatic ring is 1. The number of hydrazone groups is 1. The van der Waals surface area contributed by atoms with Crippen LogP contribution in [0.1, 0.15) is 33.4 Å². The molecule has 144 valence electrons. The van der Waals surface area contributed by atoms with Crippen LogP contribution in [0, 0.1) is 0 Å². The van der Waals surface area contributed by atoms with Crippen molar-refractivity contribution in [3.05, 3.63) is 75.3 Å². The fourth-order valence-electron chi connectivity index (χ4n) is 2.48. The third-order valence-corrected chi connectivity index (χ3v) is 4.95. The predicted octanol–water partition coefficient (Wildman–Crippen LogP) is 4.28. The van der Waals surface area contributed by atoms with Crippen LogP contribution in [0.2, 0.25) is 5.02 Å². The van der Waals surface area contributed by atoms with Crippen molar-refractivity contribution >= 4 is 40.2 Å². The number of hydrogen-bond donors (Lipinski definition) is 2. The number of hydrogen-bond acceptors (Lipinski definition) is 6. The van der Waals surface area contributed by atoms with Gasteiger partial charge in [0.25, 0.3) is 5.91 Å². The molecule has 0 spiro atoms. The number of aromatic nitrogens is 1. The molecule has 3 N–H and O–H groups in total. The number of aryl methyl sites for hydroxylation is 1. The minimum atomic E-state index is -0.323. The molecule has 2 aromatic carbocycles. The Kier molecular flexibility index (Phi) is 6.62. The topological polar surface area (TPSA) is 89.6 Å². The summed E-state index contributed by atoms with van der Waals surface area (Å²) in [7, 11) is 0. The molecule has 0 aliphatic carbocycles. The molecule has 0 atom stereocenters. The lowest BCUT2D eigenvalue weighted by atomic mass is 10.2. The van der Waals surface area contributed by atoms with Gasteiger partial charge in [-0.15, -0.1) is 0 Å². The van der Waals surface area contributed by atoms with E-state index < -0.39 is 0 Å². The highest BCUT2D eigenvalue weighted by molar-refractivity contribution is 7.17. The Morgan fingerprint density at radius 2 is 2.14 bits per heavy atom. The number of nitrogens with one attached hydrogen (secondary N) is 1. The molecule has 28 heavy (non-hydrogen) atoms. The highest BCUT2D eigenvalue weighted by Crippen LogP contribution is 2.21. The molecule has 8 heteroatoms. The molecule has 0 unspecified atom stereocenters. The highest BCUT2D eigenvalue weighted by Gasteiger charge is 2.15. The van der Waals surface area contributed by atoms with E-state index in [9.17, 15) is 4.79 Å². The summed E-state index contributed by atoms with van der Waals surface area (Å²) in [6.07, 6.45) is 2.19. The molecule has 0 saturated carbocycles. The molecule has 1 heterocycles. The summed E-state index contributed by atoms with van der Waals surface area (Å²) < 4.78 is 5.79. The average Bonchev–Trinajstić information content (AvgIpc) is 3.08. The standard InChI is InChI=1S/C20H19ClN4O2S/c1-2-17-18(28-20(22)24-17)19(26)25-23-11-13-5-4-8-16(10-13)27-12-14-6-3-7-15(21)9-14/h3-11H,2,12H2,1H3,(H2,22,24)(H,25,26)/b23-11+. The first-order valence-electron chi connectivity index (χ1n) is 8.61. The Morgan fingerprint density at radius 3 is 2.93 bits per heavy atom. The summed E-state index contributed by atoms with van der Waals surface area (Å²) in [6.45, 7) is 2.33. The van der Waals surface area contributed by atoms with Gasteiger partial charge in [-0.3, -0.25) is 4.79 Å². The molecule has 3 rings (SSSR count). The smallest absolute Gasteiger partial charge is 0.283 e. The normalized spacial score (nSPS) is 10.9. The Labute approximate surface area is 172 Å². The first-order valence-corrected chi connectivity index (χ1v) is 9.80. The lowest BCUT2D eigenvalue weighted by molar-refractivity contribution is 0.0958. The fourth-order valence-corrected chi connectivity index (χ4v) is 3.51. The molecule has 0 fully saturated rings. The van der Waals surface area contributed by atoms with Crippen LogP contribution in [0.4, 0.5) is 5.13 Å². The molecular formula is C20H19ClN4O2S. The van der Waals surface area contributed by atoms with Gasteiger partial charge in [-0.25, -0.2) is 10.4 Å². The number of rotatable bonds is 7. The highest BCUT2D eigenvalue weighted by atomic mass is 35.5. The summed E-state index contributed by atoms with van der Waals surface area (Å²) in [5.74, 6) is 0.370. The third-order valence-electron chi connectivity index (χ3n) is 3.79. The molecule has 0 aliphatic heterocycles. The SMILES string of the molecule is CCc1nc(N)sc1C(=O)N/N=C/c1cccc(OCc2cccc(Cl)c2)c1.